The molecule has 0 atom stereocenters. The molecule has 1 aromatic heterocycles. The number of hydrogen-bond acceptors (Lipinski definition) is 1. The minimum atomic E-state index is 1.08. The number of aryl methyl sites for hydroxylation is 1. The highest BCUT2D eigenvalue weighted by Gasteiger charge is 1.91. The number of alkyl halides is 1. The van der Waals surface area contributed by atoms with Crippen LogP contribution in [0.4, 0.5) is 0 Å². The number of halogens is 1. The predicted molar refractivity (Wildman–Crippen MR) is 46.7 cm³/mol. The average molecular weight is 233 g/mol. The highest BCUT2D eigenvalue weighted by Crippen LogP contribution is 2.08. The fourth-order valence-corrected chi connectivity index (χ4v) is 1.51. The van der Waals surface area contributed by atoms with Gasteiger partial charge in [0.1, 0.15) is 0 Å². The summed E-state index contributed by atoms with van der Waals surface area (Å²) in [5.74, 6) is 0. The molecule has 0 saturated heterocycles. The van der Waals surface area contributed by atoms with Gasteiger partial charge in [-0.1, -0.05) is 22.6 Å². The van der Waals surface area contributed by atoms with Crippen LogP contribution in [-0.4, -0.2) is 4.98 Å². The summed E-state index contributed by atoms with van der Waals surface area (Å²) in [4.78, 5) is 3.99. The van der Waals surface area contributed by atoms with Gasteiger partial charge in [-0.25, -0.2) is 0 Å². The van der Waals surface area contributed by atoms with Crippen LogP contribution >= 0.6 is 22.6 Å². The summed E-state index contributed by atoms with van der Waals surface area (Å²) in [6, 6.07) is 2.06. The van der Waals surface area contributed by atoms with E-state index in [1.54, 1.807) is 0 Å². The third-order valence-corrected chi connectivity index (χ3v) is 2.10. The number of pyridine rings is 1. The lowest BCUT2D eigenvalue weighted by atomic mass is 10.2. The molecule has 1 aromatic rings. The summed E-state index contributed by atoms with van der Waals surface area (Å²) < 4.78 is 1.08. The molecule has 0 spiro atoms. The minimum Gasteiger partial charge on any atom is -0.264 e. The monoisotopic (exact) mass is 233 g/mol. The van der Waals surface area contributed by atoms with Crippen molar-refractivity contribution in [2.75, 3.05) is 0 Å². The number of nitrogens with zero attached hydrogens (tertiary/aromatic N) is 1. The second-order valence-corrected chi connectivity index (χ2v) is 2.70. The summed E-state index contributed by atoms with van der Waals surface area (Å²) in [5.41, 5.74) is 2.66. The maximum atomic E-state index is 3.99. The van der Waals surface area contributed by atoms with Gasteiger partial charge in [0.05, 0.1) is 0 Å². The molecule has 1 heterocycles. The number of rotatable bonds is 1. The lowest BCUT2D eigenvalue weighted by Gasteiger charge is -1.96. The van der Waals surface area contributed by atoms with Crippen LogP contribution in [0.15, 0.2) is 18.5 Å². The molecule has 0 unspecified atom stereocenters. The van der Waals surface area contributed by atoms with Crippen LogP contribution in [0.25, 0.3) is 0 Å². The van der Waals surface area contributed by atoms with E-state index >= 15 is 0 Å². The largest absolute Gasteiger partial charge is 0.264 e. The van der Waals surface area contributed by atoms with Gasteiger partial charge in [0.15, 0.2) is 0 Å². The smallest absolute Gasteiger partial charge is 0.0300 e. The Kier molecular flexibility index (Phi) is 2.45. The minimum absolute atomic E-state index is 1.08. The van der Waals surface area contributed by atoms with Crippen LogP contribution in [0.1, 0.15) is 11.1 Å². The second-order valence-electron chi connectivity index (χ2n) is 1.94. The average Bonchev–Trinajstić information content (AvgIpc) is 1.89. The molecular formula is C7H8IN. The molecule has 9 heavy (non-hydrogen) atoms. The fraction of sp³-hybridized carbons (Fsp3) is 0.286. The van der Waals surface area contributed by atoms with Crippen LogP contribution in [0.2, 0.25) is 0 Å². The Labute approximate surface area is 68.6 Å². The number of aromatic nitrogens is 1. The first-order valence-corrected chi connectivity index (χ1v) is 4.32. The molecule has 0 radical (unpaired) electrons. The lowest BCUT2D eigenvalue weighted by Crippen LogP contribution is -1.83. The topological polar surface area (TPSA) is 12.9 Å². The summed E-state index contributed by atoms with van der Waals surface area (Å²) >= 11 is 2.35. The van der Waals surface area contributed by atoms with Crippen molar-refractivity contribution in [3.05, 3.63) is 29.6 Å². The van der Waals surface area contributed by atoms with E-state index < -0.39 is 0 Å². The fourth-order valence-electron chi connectivity index (χ4n) is 0.652. The Morgan fingerprint density at radius 1 is 1.67 bits per heavy atom. The van der Waals surface area contributed by atoms with Crippen LogP contribution in [0.3, 0.4) is 0 Å². The van der Waals surface area contributed by atoms with Crippen molar-refractivity contribution >= 4 is 22.6 Å². The van der Waals surface area contributed by atoms with E-state index in [-0.39, 0.29) is 0 Å². The molecule has 1 rings (SSSR count). The normalized spacial score (nSPS) is 9.56. The first-order chi connectivity index (χ1) is 4.34. The van der Waals surface area contributed by atoms with Gasteiger partial charge in [-0.05, 0) is 24.1 Å². The van der Waals surface area contributed by atoms with Gasteiger partial charge >= 0.3 is 0 Å². The summed E-state index contributed by atoms with van der Waals surface area (Å²) in [7, 11) is 0. The molecule has 0 amide bonds. The molecule has 0 bridgehead atoms. The van der Waals surface area contributed by atoms with Crippen molar-refractivity contribution < 1.29 is 0 Å². The zero-order valence-electron chi connectivity index (χ0n) is 5.26. The highest BCUT2D eigenvalue weighted by atomic mass is 127. The van der Waals surface area contributed by atoms with E-state index in [1.165, 1.54) is 11.1 Å². The van der Waals surface area contributed by atoms with Crippen LogP contribution in [0.5, 0.6) is 0 Å². The highest BCUT2D eigenvalue weighted by molar-refractivity contribution is 14.1. The van der Waals surface area contributed by atoms with Crippen LogP contribution in [-0.2, 0) is 4.43 Å². The van der Waals surface area contributed by atoms with Crippen molar-refractivity contribution in [3.8, 4) is 0 Å². The molecule has 48 valence electrons. The maximum Gasteiger partial charge on any atom is 0.0300 e. The standard InChI is InChI=1S/C7H8IN/c1-6-5-9-3-2-7(6)4-8/h2-3,5H,4H2,1H3. The van der Waals surface area contributed by atoms with Gasteiger partial charge in [-0.3, -0.25) is 4.98 Å². The summed E-state index contributed by atoms with van der Waals surface area (Å²) in [6.45, 7) is 2.08. The first-order valence-electron chi connectivity index (χ1n) is 2.80. The Hall–Kier alpha value is -0.120. The van der Waals surface area contributed by atoms with Gasteiger partial charge < -0.3 is 0 Å². The van der Waals surface area contributed by atoms with Gasteiger partial charge in [0.2, 0.25) is 0 Å². The van der Waals surface area contributed by atoms with Crippen molar-refractivity contribution in [1.82, 2.24) is 4.98 Å². The van der Waals surface area contributed by atoms with E-state index in [2.05, 4.69) is 40.6 Å². The van der Waals surface area contributed by atoms with Gasteiger partial charge in [-0.15, -0.1) is 0 Å². The van der Waals surface area contributed by atoms with Crippen LogP contribution < -0.4 is 0 Å². The predicted octanol–water partition coefficient (Wildman–Crippen LogP) is 2.33. The van der Waals surface area contributed by atoms with E-state index in [0.29, 0.717) is 0 Å². The molecule has 0 aliphatic carbocycles. The van der Waals surface area contributed by atoms with Crippen molar-refractivity contribution in [2.24, 2.45) is 0 Å². The molecule has 0 aliphatic heterocycles. The Balaban J connectivity index is 3.01. The van der Waals surface area contributed by atoms with Gasteiger partial charge in [-0.2, -0.15) is 0 Å². The summed E-state index contributed by atoms with van der Waals surface area (Å²) in [6.07, 6.45) is 3.73. The molecule has 0 saturated carbocycles. The first kappa shape index (κ1) is 6.99. The SMILES string of the molecule is Cc1cnccc1CI. The second kappa shape index (κ2) is 3.15. The molecule has 0 aromatic carbocycles. The van der Waals surface area contributed by atoms with E-state index in [0.717, 1.165) is 4.43 Å². The third kappa shape index (κ3) is 1.64. The Bertz CT molecular complexity index is 198. The molecule has 0 N–H and O–H groups in total. The van der Waals surface area contributed by atoms with Crippen molar-refractivity contribution in [3.63, 3.8) is 0 Å². The summed E-state index contributed by atoms with van der Waals surface area (Å²) in [5, 5.41) is 0. The zero-order chi connectivity index (χ0) is 6.69. The molecular weight excluding hydrogens is 225 g/mol. The third-order valence-electron chi connectivity index (χ3n) is 1.28. The molecule has 0 aliphatic rings. The van der Waals surface area contributed by atoms with Gasteiger partial charge in [0, 0.05) is 16.8 Å². The van der Waals surface area contributed by atoms with Crippen molar-refractivity contribution in [2.45, 2.75) is 11.4 Å². The number of hydrogen-bond donors (Lipinski definition) is 0. The molecule has 2 heteroatoms. The van der Waals surface area contributed by atoms with Crippen LogP contribution in [0, 0.1) is 6.92 Å². The van der Waals surface area contributed by atoms with E-state index in [9.17, 15) is 0 Å². The molecule has 0 fully saturated rings. The zero-order valence-corrected chi connectivity index (χ0v) is 7.42. The maximum absolute atomic E-state index is 3.99. The van der Waals surface area contributed by atoms with Crippen molar-refractivity contribution in [1.29, 1.82) is 0 Å². The van der Waals surface area contributed by atoms with Gasteiger partial charge in [0.25, 0.3) is 0 Å². The lowest BCUT2D eigenvalue weighted by molar-refractivity contribution is 1.21. The molecule has 1 nitrogen and oxygen atoms in total. The van der Waals surface area contributed by atoms with E-state index in [4.69, 9.17) is 0 Å². The Morgan fingerprint density at radius 3 is 2.89 bits per heavy atom. The van der Waals surface area contributed by atoms with E-state index in [1.807, 2.05) is 12.4 Å². The Morgan fingerprint density at radius 2 is 2.44 bits per heavy atom. The quantitative estimate of drug-likeness (QED) is 0.535.